The summed E-state index contributed by atoms with van der Waals surface area (Å²) in [5.74, 6) is 1.49. The number of nitrogens with zero attached hydrogens (tertiary/aromatic N) is 2. The van der Waals surface area contributed by atoms with Crippen LogP contribution in [0.4, 0.5) is 0 Å². The monoisotopic (exact) mass is 349 g/mol. The van der Waals surface area contributed by atoms with Crippen LogP contribution in [0.3, 0.4) is 0 Å². The molecule has 2 aromatic carbocycles. The molecule has 4 nitrogen and oxygen atoms in total. The molecule has 0 saturated carbocycles. The molecule has 2 heterocycles. The summed E-state index contributed by atoms with van der Waals surface area (Å²) in [4.78, 5) is 10.7. The van der Waals surface area contributed by atoms with Gasteiger partial charge in [-0.05, 0) is 56.5 Å². The van der Waals surface area contributed by atoms with Gasteiger partial charge in [-0.15, -0.1) is 0 Å². The average Bonchev–Trinajstić information content (AvgIpc) is 3.06. The number of hydrogen-bond donors (Lipinski definition) is 2. The van der Waals surface area contributed by atoms with Crippen LogP contribution in [0.25, 0.3) is 11.0 Å². The minimum absolute atomic E-state index is 0.405. The van der Waals surface area contributed by atoms with Crippen LogP contribution in [-0.2, 0) is 0 Å². The van der Waals surface area contributed by atoms with Crippen molar-refractivity contribution in [2.75, 3.05) is 19.6 Å². The van der Waals surface area contributed by atoms with Crippen molar-refractivity contribution in [2.45, 2.75) is 38.7 Å². The summed E-state index contributed by atoms with van der Waals surface area (Å²) in [7, 11) is 0. The molecule has 0 aliphatic carbocycles. The fraction of sp³-hybridized carbons (Fsp3) is 0.409. The first kappa shape index (κ1) is 17.3. The summed E-state index contributed by atoms with van der Waals surface area (Å²) in [6.45, 7) is 6.84. The molecule has 136 valence electrons. The summed E-state index contributed by atoms with van der Waals surface area (Å²) in [5.41, 5.74) is 5.59. The molecular formula is C22H27N3O. The number of para-hydroxylation sites is 2. The fourth-order valence-electron chi connectivity index (χ4n) is 4.15. The van der Waals surface area contributed by atoms with Crippen LogP contribution in [0.5, 0.6) is 0 Å². The Morgan fingerprint density at radius 2 is 2.08 bits per heavy atom. The Hall–Kier alpha value is -2.17. The van der Waals surface area contributed by atoms with Gasteiger partial charge in [0.25, 0.3) is 0 Å². The number of aliphatic hydroxyl groups is 1. The Morgan fingerprint density at radius 1 is 1.23 bits per heavy atom. The topological polar surface area (TPSA) is 52.1 Å². The van der Waals surface area contributed by atoms with Crippen molar-refractivity contribution < 1.29 is 5.11 Å². The van der Waals surface area contributed by atoms with E-state index >= 15 is 0 Å². The van der Waals surface area contributed by atoms with Gasteiger partial charge in [0.2, 0.25) is 0 Å². The molecule has 2 N–H and O–H groups in total. The van der Waals surface area contributed by atoms with Crippen LogP contribution >= 0.6 is 0 Å². The van der Waals surface area contributed by atoms with E-state index in [1.165, 1.54) is 11.1 Å². The van der Waals surface area contributed by atoms with E-state index in [0.717, 1.165) is 48.4 Å². The molecule has 0 bridgehead atoms. The van der Waals surface area contributed by atoms with Crippen molar-refractivity contribution in [2.24, 2.45) is 0 Å². The van der Waals surface area contributed by atoms with Crippen molar-refractivity contribution in [3.05, 3.63) is 65.0 Å². The third-order valence-electron chi connectivity index (χ3n) is 5.52. The number of benzene rings is 2. The molecule has 1 aromatic heterocycles. The van der Waals surface area contributed by atoms with Gasteiger partial charge in [0.05, 0.1) is 17.1 Å². The molecule has 4 rings (SSSR count). The number of aromatic amines is 1. The van der Waals surface area contributed by atoms with Gasteiger partial charge in [-0.2, -0.15) is 0 Å². The van der Waals surface area contributed by atoms with Crippen LogP contribution in [0.2, 0.25) is 0 Å². The zero-order chi connectivity index (χ0) is 18.1. The van der Waals surface area contributed by atoms with E-state index in [9.17, 15) is 5.11 Å². The number of hydrogen-bond acceptors (Lipinski definition) is 3. The third-order valence-corrected chi connectivity index (χ3v) is 5.52. The molecule has 1 aliphatic heterocycles. The zero-order valence-electron chi connectivity index (χ0n) is 15.6. The predicted octanol–water partition coefficient (Wildman–Crippen LogP) is 4.09. The standard InChI is InChI=1S/C22H27N3O/c1-15-9-10-18(16(2)12-15)21(26)14-25-11-5-6-17(13-25)22-23-19-7-3-4-8-20(19)24-22/h3-4,7-10,12,17,21,26H,5-6,11,13-14H2,1-2H3,(H,23,24)/t17-,21-/m1/s1. The number of H-pyrrole nitrogens is 1. The third kappa shape index (κ3) is 3.53. The van der Waals surface area contributed by atoms with Gasteiger partial charge in [-0.3, -0.25) is 4.90 Å². The summed E-state index contributed by atoms with van der Waals surface area (Å²) in [5, 5.41) is 10.8. The molecule has 1 aliphatic rings. The largest absolute Gasteiger partial charge is 0.387 e. The SMILES string of the molecule is Cc1ccc([C@H](O)CN2CCC[C@@H](c3nc4ccccc4[nH]3)C2)c(C)c1. The lowest BCUT2D eigenvalue weighted by Gasteiger charge is -2.33. The summed E-state index contributed by atoms with van der Waals surface area (Å²) < 4.78 is 0. The molecule has 1 saturated heterocycles. The molecule has 0 spiro atoms. The molecule has 0 unspecified atom stereocenters. The number of aryl methyl sites for hydroxylation is 2. The lowest BCUT2D eigenvalue weighted by Crippen LogP contribution is -2.37. The molecular weight excluding hydrogens is 322 g/mol. The first-order valence-corrected chi connectivity index (χ1v) is 9.52. The maximum Gasteiger partial charge on any atom is 0.111 e. The van der Waals surface area contributed by atoms with Gasteiger partial charge in [-0.1, -0.05) is 35.9 Å². The van der Waals surface area contributed by atoms with E-state index in [1.807, 2.05) is 12.1 Å². The van der Waals surface area contributed by atoms with Crippen LogP contribution in [0.15, 0.2) is 42.5 Å². The predicted molar refractivity (Wildman–Crippen MR) is 105 cm³/mol. The Kier molecular flexibility index (Phi) is 4.79. The minimum Gasteiger partial charge on any atom is -0.387 e. The van der Waals surface area contributed by atoms with Crippen LogP contribution < -0.4 is 0 Å². The average molecular weight is 349 g/mol. The molecule has 26 heavy (non-hydrogen) atoms. The van der Waals surface area contributed by atoms with E-state index in [2.05, 4.69) is 54.1 Å². The smallest absolute Gasteiger partial charge is 0.111 e. The van der Waals surface area contributed by atoms with Crippen LogP contribution in [0, 0.1) is 13.8 Å². The van der Waals surface area contributed by atoms with E-state index < -0.39 is 6.10 Å². The quantitative estimate of drug-likeness (QED) is 0.746. The lowest BCUT2D eigenvalue weighted by atomic mass is 9.95. The second-order valence-electron chi connectivity index (χ2n) is 7.61. The highest BCUT2D eigenvalue weighted by atomic mass is 16.3. The number of piperidine rings is 1. The highest BCUT2D eigenvalue weighted by Crippen LogP contribution is 2.28. The highest BCUT2D eigenvalue weighted by Gasteiger charge is 2.25. The normalized spacial score (nSPS) is 19.7. The number of aromatic nitrogens is 2. The van der Waals surface area contributed by atoms with Crippen molar-refractivity contribution in [1.29, 1.82) is 0 Å². The molecule has 3 aromatic rings. The molecule has 4 heteroatoms. The Morgan fingerprint density at radius 3 is 2.88 bits per heavy atom. The van der Waals surface area contributed by atoms with E-state index in [4.69, 9.17) is 4.98 Å². The van der Waals surface area contributed by atoms with Gasteiger partial charge in [0.15, 0.2) is 0 Å². The van der Waals surface area contributed by atoms with Crippen molar-refractivity contribution >= 4 is 11.0 Å². The number of rotatable bonds is 4. The van der Waals surface area contributed by atoms with E-state index in [-0.39, 0.29) is 0 Å². The van der Waals surface area contributed by atoms with E-state index in [0.29, 0.717) is 12.5 Å². The van der Waals surface area contributed by atoms with Crippen molar-refractivity contribution in [3.8, 4) is 0 Å². The van der Waals surface area contributed by atoms with Gasteiger partial charge in [0, 0.05) is 19.0 Å². The Labute approximate surface area is 154 Å². The fourth-order valence-corrected chi connectivity index (χ4v) is 4.15. The summed E-state index contributed by atoms with van der Waals surface area (Å²) in [6.07, 6.45) is 1.85. The highest BCUT2D eigenvalue weighted by molar-refractivity contribution is 5.74. The van der Waals surface area contributed by atoms with E-state index in [1.54, 1.807) is 0 Å². The number of fused-ring (bicyclic) bond motifs is 1. The first-order chi connectivity index (χ1) is 12.6. The number of β-amino-alcohol motifs (C(OH)–C–C–N with tert-alkyl or cyclic N) is 1. The second-order valence-corrected chi connectivity index (χ2v) is 7.61. The number of aliphatic hydroxyl groups excluding tert-OH is 1. The zero-order valence-corrected chi connectivity index (χ0v) is 15.6. The number of imidazole rings is 1. The van der Waals surface area contributed by atoms with Gasteiger partial charge < -0.3 is 10.1 Å². The van der Waals surface area contributed by atoms with Crippen molar-refractivity contribution in [1.82, 2.24) is 14.9 Å². The second kappa shape index (κ2) is 7.22. The van der Waals surface area contributed by atoms with Crippen molar-refractivity contribution in [3.63, 3.8) is 0 Å². The molecule has 0 amide bonds. The molecule has 1 fully saturated rings. The van der Waals surface area contributed by atoms with Gasteiger partial charge in [-0.25, -0.2) is 4.98 Å². The first-order valence-electron chi connectivity index (χ1n) is 9.52. The van der Waals surface area contributed by atoms with Crippen LogP contribution in [0.1, 0.15) is 47.4 Å². The Bertz CT molecular complexity index is 868. The number of likely N-dealkylation sites (tertiary alicyclic amines) is 1. The lowest BCUT2D eigenvalue weighted by molar-refractivity contribution is 0.0942. The molecule has 2 atom stereocenters. The van der Waals surface area contributed by atoms with Crippen LogP contribution in [-0.4, -0.2) is 39.6 Å². The maximum atomic E-state index is 10.8. The molecule has 0 radical (unpaired) electrons. The van der Waals surface area contributed by atoms with Gasteiger partial charge in [0.1, 0.15) is 5.82 Å². The number of nitrogens with one attached hydrogen (secondary N) is 1. The van der Waals surface area contributed by atoms with Gasteiger partial charge >= 0.3 is 0 Å². The summed E-state index contributed by atoms with van der Waals surface area (Å²) in [6, 6.07) is 14.5. The minimum atomic E-state index is -0.440. The Balaban J connectivity index is 1.46. The summed E-state index contributed by atoms with van der Waals surface area (Å²) >= 11 is 0. The maximum absolute atomic E-state index is 10.8.